The standard InChI is InChI=1S/C13H25N3O3/c1-11-10-15(2)8-9-16(11)13(19)14-7-5-3-4-6-12(17)18/h11H,3-10H2,1-2H3,(H,14,19)(H,17,18). The maximum Gasteiger partial charge on any atom is 0.317 e. The molecule has 1 saturated heterocycles. The van der Waals surface area contributed by atoms with E-state index in [1.165, 1.54) is 0 Å². The fraction of sp³-hybridized carbons (Fsp3) is 0.846. The van der Waals surface area contributed by atoms with Gasteiger partial charge < -0.3 is 20.2 Å². The number of aliphatic carboxylic acids is 1. The largest absolute Gasteiger partial charge is 0.481 e. The summed E-state index contributed by atoms with van der Waals surface area (Å²) in [5, 5.41) is 11.4. The highest BCUT2D eigenvalue weighted by atomic mass is 16.4. The summed E-state index contributed by atoms with van der Waals surface area (Å²) < 4.78 is 0. The fourth-order valence-corrected chi connectivity index (χ4v) is 2.32. The lowest BCUT2D eigenvalue weighted by Crippen LogP contribution is -2.55. The van der Waals surface area contributed by atoms with Crippen LogP contribution >= 0.6 is 0 Å². The lowest BCUT2D eigenvalue weighted by Gasteiger charge is -2.38. The molecule has 0 aliphatic carbocycles. The van der Waals surface area contributed by atoms with E-state index in [0.29, 0.717) is 13.0 Å². The van der Waals surface area contributed by atoms with Crippen molar-refractivity contribution < 1.29 is 14.7 Å². The highest BCUT2D eigenvalue weighted by Crippen LogP contribution is 2.07. The second-order valence-electron chi connectivity index (χ2n) is 5.24. The Labute approximate surface area is 114 Å². The molecule has 0 radical (unpaired) electrons. The lowest BCUT2D eigenvalue weighted by atomic mass is 10.2. The van der Waals surface area contributed by atoms with Crippen LogP contribution in [0.2, 0.25) is 0 Å². The van der Waals surface area contributed by atoms with E-state index in [1.807, 2.05) is 4.90 Å². The smallest absolute Gasteiger partial charge is 0.317 e. The number of hydrogen-bond acceptors (Lipinski definition) is 3. The van der Waals surface area contributed by atoms with Crippen LogP contribution in [0.1, 0.15) is 32.6 Å². The molecule has 19 heavy (non-hydrogen) atoms. The minimum Gasteiger partial charge on any atom is -0.481 e. The van der Waals surface area contributed by atoms with Gasteiger partial charge in [-0.1, -0.05) is 6.42 Å². The van der Waals surface area contributed by atoms with E-state index < -0.39 is 5.97 Å². The van der Waals surface area contributed by atoms with Gasteiger partial charge in [0.1, 0.15) is 0 Å². The highest BCUT2D eigenvalue weighted by Gasteiger charge is 2.25. The molecule has 0 spiro atoms. The maximum absolute atomic E-state index is 12.0. The highest BCUT2D eigenvalue weighted by molar-refractivity contribution is 5.74. The predicted molar refractivity (Wildman–Crippen MR) is 73.2 cm³/mol. The molecule has 0 aromatic heterocycles. The quantitative estimate of drug-likeness (QED) is 0.706. The summed E-state index contributed by atoms with van der Waals surface area (Å²) in [6.07, 6.45) is 2.56. The first-order valence-electron chi connectivity index (χ1n) is 6.95. The van der Waals surface area contributed by atoms with Crippen LogP contribution in [-0.4, -0.2) is 66.2 Å². The third kappa shape index (κ3) is 5.92. The molecule has 1 unspecified atom stereocenters. The number of likely N-dealkylation sites (N-methyl/N-ethyl adjacent to an activating group) is 1. The second-order valence-corrected chi connectivity index (χ2v) is 5.24. The molecule has 1 fully saturated rings. The second kappa shape index (κ2) is 7.99. The van der Waals surface area contributed by atoms with Crippen LogP contribution in [0.3, 0.4) is 0 Å². The molecule has 110 valence electrons. The van der Waals surface area contributed by atoms with Crippen LogP contribution in [0, 0.1) is 0 Å². The number of carboxylic acid groups (broad SMARTS) is 1. The molecule has 0 saturated carbocycles. The molecule has 1 aliphatic heterocycles. The molecule has 2 N–H and O–H groups in total. The van der Waals surface area contributed by atoms with Crippen molar-refractivity contribution in [2.75, 3.05) is 33.2 Å². The van der Waals surface area contributed by atoms with Crippen LogP contribution in [0.25, 0.3) is 0 Å². The summed E-state index contributed by atoms with van der Waals surface area (Å²) in [6.45, 7) is 5.27. The van der Waals surface area contributed by atoms with Crippen LogP contribution in [0.5, 0.6) is 0 Å². The zero-order valence-electron chi connectivity index (χ0n) is 11.9. The molecule has 1 rings (SSSR count). The van der Waals surface area contributed by atoms with Crippen molar-refractivity contribution in [3.63, 3.8) is 0 Å². The van der Waals surface area contributed by atoms with Crippen LogP contribution in [0.15, 0.2) is 0 Å². The Morgan fingerprint density at radius 2 is 2.00 bits per heavy atom. The van der Waals surface area contributed by atoms with Crippen molar-refractivity contribution in [2.24, 2.45) is 0 Å². The maximum atomic E-state index is 12.0. The molecular formula is C13H25N3O3. The van der Waals surface area contributed by atoms with Gasteiger partial charge in [-0.3, -0.25) is 4.79 Å². The molecular weight excluding hydrogens is 246 g/mol. The molecule has 0 bridgehead atoms. The number of piperazine rings is 1. The Kier molecular flexibility index (Phi) is 6.62. The Morgan fingerprint density at radius 1 is 1.26 bits per heavy atom. The van der Waals surface area contributed by atoms with Gasteiger partial charge in [-0.05, 0) is 26.8 Å². The summed E-state index contributed by atoms with van der Waals surface area (Å²) >= 11 is 0. The topological polar surface area (TPSA) is 72.9 Å². The van der Waals surface area contributed by atoms with Crippen molar-refractivity contribution in [3.05, 3.63) is 0 Å². The zero-order chi connectivity index (χ0) is 14.3. The molecule has 0 aromatic carbocycles. The summed E-state index contributed by atoms with van der Waals surface area (Å²) in [6, 6.07) is 0.240. The molecule has 2 amide bonds. The Morgan fingerprint density at radius 3 is 2.63 bits per heavy atom. The van der Waals surface area contributed by atoms with Gasteiger partial charge in [0.15, 0.2) is 0 Å². The number of amides is 2. The van der Waals surface area contributed by atoms with E-state index >= 15 is 0 Å². The van der Waals surface area contributed by atoms with E-state index in [2.05, 4.69) is 24.2 Å². The van der Waals surface area contributed by atoms with Gasteiger partial charge in [0, 0.05) is 38.6 Å². The van der Waals surface area contributed by atoms with Gasteiger partial charge in [0.25, 0.3) is 0 Å². The Bertz CT molecular complexity index is 310. The van der Waals surface area contributed by atoms with Gasteiger partial charge in [0.05, 0.1) is 0 Å². The first kappa shape index (κ1) is 15.8. The monoisotopic (exact) mass is 271 g/mol. The minimum atomic E-state index is -0.754. The molecule has 1 atom stereocenters. The van der Waals surface area contributed by atoms with E-state index in [-0.39, 0.29) is 18.5 Å². The minimum absolute atomic E-state index is 0.00108. The van der Waals surface area contributed by atoms with E-state index in [4.69, 9.17) is 5.11 Å². The lowest BCUT2D eigenvalue weighted by molar-refractivity contribution is -0.137. The average Bonchev–Trinajstić information content (AvgIpc) is 2.32. The number of carbonyl (C=O) groups excluding carboxylic acids is 1. The van der Waals surface area contributed by atoms with Crippen molar-refractivity contribution >= 4 is 12.0 Å². The number of nitrogens with zero attached hydrogens (tertiary/aromatic N) is 2. The predicted octanol–water partition coefficient (Wildman–Crippen LogP) is 0.977. The van der Waals surface area contributed by atoms with Gasteiger partial charge in [-0.2, -0.15) is 0 Å². The van der Waals surface area contributed by atoms with Gasteiger partial charge in [-0.25, -0.2) is 4.79 Å². The first-order valence-corrected chi connectivity index (χ1v) is 6.95. The van der Waals surface area contributed by atoms with E-state index in [0.717, 1.165) is 32.5 Å². The Balaban J connectivity index is 2.12. The average molecular weight is 271 g/mol. The molecule has 6 heteroatoms. The van der Waals surface area contributed by atoms with Gasteiger partial charge >= 0.3 is 12.0 Å². The number of carboxylic acids is 1. The zero-order valence-corrected chi connectivity index (χ0v) is 11.9. The normalized spacial score (nSPS) is 20.3. The number of carbonyl (C=O) groups is 2. The fourth-order valence-electron chi connectivity index (χ4n) is 2.32. The van der Waals surface area contributed by atoms with E-state index in [1.54, 1.807) is 0 Å². The molecule has 1 heterocycles. The third-order valence-corrected chi connectivity index (χ3v) is 3.44. The summed E-state index contributed by atoms with van der Waals surface area (Å²) in [7, 11) is 2.06. The summed E-state index contributed by atoms with van der Waals surface area (Å²) in [4.78, 5) is 26.4. The number of hydrogen-bond donors (Lipinski definition) is 2. The van der Waals surface area contributed by atoms with Crippen LogP contribution in [0.4, 0.5) is 4.79 Å². The molecule has 1 aliphatic rings. The van der Waals surface area contributed by atoms with Gasteiger partial charge in [-0.15, -0.1) is 0 Å². The van der Waals surface area contributed by atoms with E-state index in [9.17, 15) is 9.59 Å². The van der Waals surface area contributed by atoms with Gasteiger partial charge in [0.2, 0.25) is 0 Å². The number of unbranched alkanes of at least 4 members (excludes halogenated alkanes) is 2. The van der Waals surface area contributed by atoms with Crippen molar-refractivity contribution in [1.29, 1.82) is 0 Å². The van der Waals surface area contributed by atoms with Crippen LogP contribution in [-0.2, 0) is 4.79 Å². The number of rotatable bonds is 6. The molecule has 6 nitrogen and oxygen atoms in total. The number of urea groups is 1. The number of nitrogens with one attached hydrogen (secondary N) is 1. The molecule has 0 aromatic rings. The summed E-state index contributed by atoms with van der Waals surface area (Å²) in [5.41, 5.74) is 0. The summed E-state index contributed by atoms with van der Waals surface area (Å²) in [5.74, 6) is -0.754. The van der Waals surface area contributed by atoms with Crippen molar-refractivity contribution in [1.82, 2.24) is 15.1 Å². The van der Waals surface area contributed by atoms with Crippen LogP contribution < -0.4 is 5.32 Å². The first-order chi connectivity index (χ1) is 9.00. The van der Waals surface area contributed by atoms with Crippen molar-refractivity contribution in [2.45, 2.75) is 38.6 Å². The Hall–Kier alpha value is -1.30. The third-order valence-electron chi connectivity index (χ3n) is 3.44. The SMILES string of the molecule is CC1CN(C)CCN1C(=O)NCCCCCC(=O)O. The van der Waals surface area contributed by atoms with Crippen molar-refractivity contribution in [3.8, 4) is 0 Å².